The second kappa shape index (κ2) is 4.53. The van der Waals surface area contributed by atoms with Gasteiger partial charge in [-0.05, 0) is 23.9 Å². The molecular formula is C9H8Cl2N4S. The first-order valence-corrected chi connectivity index (χ1v) is 5.91. The average Bonchev–Trinajstić information content (AvgIpc) is 2.61. The zero-order chi connectivity index (χ0) is 11.7. The molecule has 7 heteroatoms. The van der Waals surface area contributed by atoms with Crippen LogP contribution in [0.3, 0.4) is 0 Å². The number of rotatable bonds is 2. The van der Waals surface area contributed by atoms with Crippen LogP contribution in [-0.2, 0) is 7.05 Å². The zero-order valence-electron chi connectivity index (χ0n) is 8.32. The van der Waals surface area contributed by atoms with Crippen LogP contribution in [0, 0.1) is 0 Å². The van der Waals surface area contributed by atoms with Crippen LogP contribution in [0.4, 0.5) is 5.69 Å². The Morgan fingerprint density at radius 2 is 2.00 bits per heavy atom. The van der Waals surface area contributed by atoms with Crippen molar-refractivity contribution >= 4 is 40.7 Å². The molecule has 4 nitrogen and oxygen atoms in total. The van der Waals surface area contributed by atoms with Crippen molar-refractivity contribution in [3.05, 3.63) is 28.5 Å². The van der Waals surface area contributed by atoms with Crippen LogP contribution in [0.1, 0.15) is 0 Å². The Morgan fingerprint density at radius 1 is 1.31 bits per heavy atom. The fourth-order valence-corrected chi connectivity index (χ4v) is 2.33. The van der Waals surface area contributed by atoms with E-state index in [1.807, 2.05) is 7.05 Å². The Kier molecular flexibility index (Phi) is 3.28. The predicted molar refractivity (Wildman–Crippen MR) is 66.0 cm³/mol. The van der Waals surface area contributed by atoms with Crippen molar-refractivity contribution in [1.29, 1.82) is 0 Å². The number of nitrogen functional groups attached to an aromatic ring is 1. The Labute approximate surface area is 107 Å². The van der Waals surface area contributed by atoms with E-state index in [9.17, 15) is 0 Å². The van der Waals surface area contributed by atoms with Gasteiger partial charge >= 0.3 is 0 Å². The number of aryl methyl sites for hydroxylation is 1. The molecule has 0 saturated carbocycles. The highest BCUT2D eigenvalue weighted by molar-refractivity contribution is 7.99. The monoisotopic (exact) mass is 274 g/mol. The third-order valence-corrected chi connectivity index (χ3v) is 3.77. The number of nitrogens with two attached hydrogens (primary N) is 1. The van der Waals surface area contributed by atoms with Gasteiger partial charge in [0.05, 0.1) is 10.0 Å². The summed E-state index contributed by atoms with van der Waals surface area (Å²) < 4.78 is 1.80. The molecule has 0 aliphatic heterocycles. The van der Waals surface area contributed by atoms with Gasteiger partial charge in [0, 0.05) is 17.6 Å². The van der Waals surface area contributed by atoms with Crippen molar-refractivity contribution in [2.75, 3.05) is 5.73 Å². The van der Waals surface area contributed by atoms with Gasteiger partial charge < -0.3 is 10.3 Å². The summed E-state index contributed by atoms with van der Waals surface area (Å²) in [6.07, 6.45) is 1.62. The van der Waals surface area contributed by atoms with E-state index >= 15 is 0 Å². The molecule has 0 aliphatic carbocycles. The molecule has 0 saturated heterocycles. The van der Waals surface area contributed by atoms with Gasteiger partial charge in [-0.15, -0.1) is 10.2 Å². The minimum absolute atomic E-state index is 0.446. The van der Waals surface area contributed by atoms with Gasteiger partial charge in [-0.2, -0.15) is 0 Å². The Balaban J connectivity index is 2.35. The third kappa shape index (κ3) is 2.26. The van der Waals surface area contributed by atoms with Gasteiger partial charge in [-0.25, -0.2) is 0 Å². The minimum atomic E-state index is 0.446. The lowest BCUT2D eigenvalue weighted by molar-refractivity contribution is 0.789. The number of hydrogen-bond donors (Lipinski definition) is 1. The van der Waals surface area contributed by atoms with Gasteiger partial charge in [0.25, 0.3) is 0 Å². The number of benzene rings is 1. The highest BCUT2D eigenvalue weighted by atomic mass is 35.5. The van der Waals surface area contributed by atoms with Crippen LogP contribution in [0.15, 0.2) is 28.5 Å². The Bertz CT molecular complexity index is 526. The summed E-state index contributed by atoms with van der Waals surface area (Å²) in [7, 11) is 1.86. The summed E-state index contributed by atoms with van der Waals surface area (Å²) >= 11 is 13.2. The topological polar surface area (TPSA) is 56.7 Å². The molecule has 0 atom stereocenters. The highest BCUT2D eigenvalue weighted by Crippen LogP contribution is 2.36. The number of halogens is 2. The molecule has 0 radical (unpaired) electrons. The summed E-state index contributed by atoms with van der Waals surface area (Å²) in [4.78, 5) is 0.811. The zero-order valence-corrected chi connectivity index (χ0v) is 10.6. The summed E-state index contributed by atoms with van der Waals surface area (Å²) in [5, 5.41) is 9.39. The van der Waals surface area contributed by atoms with Gasteiger partial charge in [0.15, 0.2) is 5.16 Å². The van der Waals surface area contributed by atoms with Gasteiger partial charge in [0.2, 0.25) is 0 Å². The molecule has 0 amide bonds. The number of hydrogen-bond acceptors (Lipinski definition) is 4. The molecule has 0 bridgehead atoms. The van der Waals surface area contributed by atoms with Crippen molar-refractivity contribution in [3.8, 4) is 0 Å². The fraction of sp³-hybridized carbons (Fsp3) is 0.111. The predicted octanol–water partition coefficient (Wildman–Crippen LogP) is 2.86. The molecule has 1 heterocycles. The lowest BCUT2D eigenvalue weighted by atomic mass is 10.3. The molecule has 0 spiro atoms. The molecule has 2 N–H and O–H groups in total. The fourth-order valence-electron chi connectivity index (χ4n) is 1.10. The standard InChI is InChI=1S/C9H8Cl2N4S/c1-15-4-13-14-9(15)16-8-3-6(11)5(10)2-7(8)12/h2-4H,12H2,1H3. The number of aromatic nitrogens is 3. The quantitative estimate of drug-likeness (QED) is 0.856. The van der Waals surface area contributed by atoms with Crippen LogP contribution >= 0.6 is 35.0 Å². The Hall–Kier alpha value is -0.910. The van der Waals surface area contributed by atoms with E-state index in [1.54, 1.807) is 23.0 Å². The number of anilines is 1. The Morgan fingerprint density at radius 3 is 2.62 bits per heavy atom. The summed E-state index contributed by atoms with van der Waals surface area (Å²) in [5.41, 5.74) is 6.41. The molecule has 1 aromatic carbocycles. The van der Waals surface area contributed by atoms with E-state index in [4.69, 9.17) is 28.9 Å². The second-order valence-corrected chi connectivity index (χ2v) is 4.95. The van der Waals surface area contributed by atoms with Crippen molar-refractivity contribution in [2.45, 2.75) is 10.1 Å². The lowest BCUT2D eigenvalue weighted by Gasteiger charge is -2.06. The number of nitrogens with zero attached hydrogens (tertiary/aromatic N) is 3. The normalized spacial score (nSPS) is 10.7. The molecule has 0 fully saturated rings. The first-order valence-electron chi connectivity index (χ1n) is 4.34. The van der Waals surface area contributed by atoms with Gasteiger partial charge in [-0.3, -0.25) is 0 Å². The lowest BCUT2D eigenvalue weighted by Crippen LogP contribution is -1.92. The largest absolute Gasteiger partial charge is 0.398 e. The van der Waals surface area contributed by atoms with Crippen LogP contribution in [-0.4, -0.2) is 14.8 Å². The molecule has 0 aliphatic rings. The van der Waals surface area contributed by atoms with Crippen LogP contribution in [0.2, 0.25) is 10.0 Å². The maximum Gasteiger partial charge on any atom is 0.195 e. The van der Waals surface area contributed by atoms with Crippen molar-refractivity contribution in [1.82, 2.24) is 14.8 Å². The van der Waals surface area contributed by atoms with Crippen molar-refractivity contribution < 1.29 is 0 Å². The molecule has 1 aromatic heterocycles. The maximum atomic E-state index is 5.92. The van der Waals surface area contributed by atoms with Gasteiger partial charge in [-0.1, -0.05) is 23.2 Å². The average molecular weight is 275 g/mol. The van der Waals surface area contributed by atoms with E-state index < -0.39 is 0 Å². The summed E-state index contributed by atoms with van der Waals surface area (Å²) in [6.45, 7) is 0. The third-order valence-electron chi connectivity index (χ3n) is 1.92. The van der Waals surface area contributed by atoms with E-state index in [-0.39, 0.29) is 0 Å². The molecule has 2 aromatic rings. The molecule has 16 heavy (non-hydrogen) atoms. The van der Waals surface area contributed by atoms with Crippen LogP contribution in [0.25, 0.3) is 0 Å². The van der Waals surface area contributed by atoms with Crippen molar-refractivity contribution in [2.24, 2.45) is 7.05 Å². The van der Waals surface area contributed by atoms with E-state index in [2.05, 4.69) is 10.2 Å². The summed E-state index contributed by atoms with van der Waals surface area (Å²) in [5.74, 6) is 0. The minimum Gasteiger partial charge on any atom is -0.398 e. The smallest absolute Gasteiger partial charge is 0.195 e. The molecule has 84 valence electrons. The van der Waals surface area contributed by atoms with Crippen LogP contribution < -0.4 is 5.73 Å². The first kappa shape index (κ1) is 11.6. The van der Waals surface area contributed by atoms with Crippen molar-refractivity contribution in [3.63, 3.8) is 0 Å². The first-order chi connectivity index (χ1) is 7.58. The second-order valence-electron chi connectivity index (χ2n) is 3.13. The van der Waals surface area contributed by atoms with E-state index in [1.165, 1.54) is 11.8 Å². The van der Waals surface area contributed by atoms with E-state index in [0.717, 1.165) is 10.1 Å². The summed E-state index contributed by atoms with van der Waals surface area (Å²) in [6, 6.07) is 3.35. The SMILES string of the molecule is Cn1cnnc1Sc1cc(Cl)c(Cl)cc1N. The molecular weight excluding hydrogens is 267 g/mol. The van der Waals surface area contributed by atoms with Crippen LogP contribution in [0.5, 0.6) is 0 Å². The maximum absolute atomic E-state index is 5.92. The molecule has 0 unspecified atom stereocenters. The van der Waals surface area contributed by atoms with E-state index in [0.29, 0.717) is 15.7 Å². The van der Waals surface area contributed by atoms with Gasteiger partial charge in [0.1, 0.15) is 6.33 Å². The molecule has 2 rings (SSSR count). The highest BCUT2D eigenvalue weighted by Gasteiger charge is 2.09.